The Kier molecular flexibility index (Phi) is 3.62. The predicted octanol–water partition coefficient (Wildman–Crippen LogP) is 3.05. The van der Waals surface area contributed by atoms with Gasteiger partial charge in [0, 0.05) is 16.5 Å². The molecule has 0 fully saturated rings. The zero-order valence-corrected chi connectivity index (χ0v) is 10.9. The number of carbonyl (C=O) groups excluding carboxylic acids is 2. The third-order valence-electron chi connectivity index (χ3n) is 2.44. The van der Waals surface area contributed by atoms with E-state index < -0.39 is 12.2 Å². The number of fused-ring (bicyclic) bond motifs is 1. The van der Waals surface area contributed by atoms with Crippen LogP contribution in [0.1, 0.15) is 0 Å². The van der Waals surface area contributed by atoms with Gasteiger partial charge in [-0.25, -0.2) is 14.2 Å². The number of aromatic nitrogens is 1. The molecule has 2 rings (SSSR count). The lowest BCUT2D eigenvalue weighted by Gasteiger charge is -2.07. The SMILES string of the molecule is COC(=O)Oc1cc2cc(Cl)ccc2n1C(=O)OC. The fourth-order valence-corrected chi connectivity index (χ4v) is 1.82. The first kappa shape index (κ1) is 13.2. The first-order chi connectivity index (χ1) is 9.06. The Bertz CT molecular complexity index is 649. The van der Waals surface area contributed by atoms with Crippen LogP contribution in [0.3, 0.4) is 0 Å². The van der Waals surface area contributed by atoms with Crippen molar-refractivity contribution in [2.24, 2.45) is 0 Å². The smallest absolute Gasteiger partial charge is 0.452 e. The summed E-state index contributed by atoms with van der Waals surface area (Å²) in [6, 6.07) is 6.37. The molecule has 0 unspecified atom stereocenters. The molecule has 0 N–H and O–H groups in total. The van der Waals surface area contributed by atoms with E-state index in [1.54, 1.807) is 18.2 Å². The third kappa shape index (κ3) is 2.48. The van der Waals surface area contributed by atoms with Crippen molar-refractivity contribution in [1.29, 1.82) is 0 Å². The van der Waals surface area contributed by atoms with E-state index in [1.165, 1.54) is 20.3 Å². The van der Waals surface area contributed by atoms with Crippen molar-refractivity contribution in [3.8, 4) is 5.88 Å². The van der Waals surface area contributed by atoms with Crippen LogP contribution >= 0.6 is 11.6 Å². The monoisotopic (exact) mass is 283 g/mol. The number of benzene rings is 1. The summed E-state index contributed by atoms with van der Waals surface area (Å²) in [5.41, 5.74) is 0.509. The highest BCUT2D eigenvalue weighted by Gasteiger charge is 2.19. The van der Waals surface area contributed by atoms with Crippen LogP contribution in [-0.2, 0) is 9.47 Å². The Morgan fingerprint density at radius 1 is 1.16 bits per heavy atom. The van der Waals surface area contributed by atoms with E-state index in [2.05, 4.69) is 9.47 Å². The van der Waals surface area contributed by atoms with Gasteiger partial charge in [-0.05, 0) is 18.2 Å². The predicted molar refractivity (Wildman–Crippen MR) is 67.8 cm³/mol. The summed E-state index contributed by atoms with van der Waals surface area (Å²) in [5.74, 6) is -0.00373. The molecule has 1 aromatic heterocycles. The largest absolute Gasteiger partial charge is 0.514 e. The fraction of sp³-hybridized carbons (Fsp3) is 0.167. The van der Waals surface area contributed by atoms with Gasteiger partial charge in [0.15, 0.2) is 0 Å². The lowest BCUT2D eigenvalue weighted by molar-refractivity contribution is 0.117. The van der Waals surface area contributed by atoms with E-state index in [0.717, 1.165) is 4.57 Å². The van der Waals surface area contributed by atoms with Crippen molar-refractivity contribution in [1.82, 2.24) is 4.57 Å². The Hall–Kier alpha value is -2.21. The summed E-state index contributed by atoms with van der Waals surface area (Å²) >= 11 is 5.87. The van der Waals surface area contributed by atoms with E-state index in [1.807, 2.05) is 0 Å². The highest BCUT2D eigenvalue weighted by atomic mass is 35.5. The maximum atomic E-state index is 11.7. The number of ether oxygens (including phenoxy) is 3. The van der Waals surface area contributed by atoms with E-state index in [9.17, 15) is 9.59 Å². The normalized spacial score (nSPS) is 10.3. The molecular weight excluding hydrogens is 274 g/mol. The number of hydrogen-bond donors (Lipinski definition) is 0. The number of hydrogen-bond acceptors (Lipinski definition) is 5. The molecule has 1 aromatic carbocycles. The Morgan fingerprint density at radius 2 is 1.89 bits per heavy atom. The molecule has 1 heterocycles. The van der Waals surface area contributed by atoms with Crippen LogP contribution in [0.25, 0.3) is 10.9 Å². The van der Waals surface area contributed by atoms with Gasteiger partial charge in [-0.15, -0.1) is 0 Å². The van der Waals surface area contributed by atoms with Crippen molar-refractivity contribution < 1.29 is 23.8 Å². The van der Waals surface area contributed by atoms with Crippen molar-refractivity contribution in [3.63, 3.8) is 0 Å². The zero-order chi connectivity index (χ0) is 14.0. The summed E-state index contributed by atoms with van der Waals surface area (Å²) in [4.78, 5) is 22.9. The minimum Gasteiger partial charge on any atom is -0.452 e. The Balaban J connectivity index is 2.60. The Labute approximate surface area is 113 Å². The number of nitrogens with zero attached hydrogens (tertiary/aromatic N) is 1. The Morgan fingerprint density at radius 3 is 2.53 bits per heavy atom. The van der Waals surface area contributed by atoms with Crippen LogP contribution in [-0.4, -0.2) is 31.0 Å². The second kappa shape index (κ2) is 5.19. The maximum absolute atomic E-state index is 11.7. The van der Waals surface area contributed by atoms with Crippen LogP contribution in [0.5, 0.6) is 5.88 Å². The molecule has 100 valence electrons. The average Bonchev–Trinajstić information content (AvgIpc) is 2.74. The first-order valence-corrected chi connectivity index (χ1v) is 5.59. The molecular formula is C12H10ClNO5. The lowest BCUT2D eigenvalue weighted by Crippen LogP contribution is -2.16. The third-order valence-corrected chi connectivity index (χ3v) is 2.68. The second-order valence-corrected chi connectivity index (χ2v) is 3.98. The van der Waals surface area contributed by atoms with Crippen molar-refractivity contribution >= 4 is 34.8 Å². The molecule has 7 heteroatoms. The van der Waals surface area contributed by atoms with Gasteiger partial charge in [0.25, 0.3) is 0 Å². The molecule has 0 saturated carbocycles. The first-order valence-electron chi connectivity index (χ1n) is 5.22. The summed E-state index contributed by atoms with van der Waals surface area (Å²) in [5, 5.41) is 1.14. The highest BCUT2D eigenvalue weighted by molar-refractivity contribution is 6.31. The second-order valence-electron chi connectivity index (χ2n) is 3.55. The van der Waals surface area contributed by atoms with Gasteiger partial charge in [0.05, 0.1) is 19.7 Å². The van der Waals surface area contributed by atoms with E-state index >= 15 is 0 Å². The molecule has 0 amide bonds. The van der Waals surface area contributed by atoms with Gasteiger partial charge < -0.3 is 14.2 Å². The molecule has 0 atom stereocenters. The number of carbonyl (C=O) groups is 2. The number of rotatable bonds is 1. The van der Waals surface area contributed by atoms with Crippen molar-refractivity contribution in [3.05, 3.63) is 29.3 Å². The molecule has 0 spiro atoms. The minimum atomic E-state index is -0.931. The van der Waals surface area contributed by atoms with Gasteiger partial charge in [-0.2, -0.15) is 0 Å². The average molecular weight is 284 g/mol. The molecule has 6 nitrogen and oxygen atoms in total. The van der Waals surface area contributed by atoms with Gasteiger partial charge >= 0.3 is 12.2 Å². The quantitative estimate of drug-likeness (QED) is 0.753. The summed E-state index contributed by atoms with van der Waals surface area (Å²) in [6.45, 7) is 0. The van der Waals surface area contributed by atoms with Gasteiger partial charge in [0.2, 0.25) is 5.88 Å². The molecule has 0 bridgehead atoms. The van der Waals surface area contributed by atoms with Crippen LogP contribution in [0.15, 0.2) is 24.3 Å². The number of methoxy groups -OCH3 is 2. The van der Waals surface area contributed by atoms with Crippen molar-refractivity contribution in [2.45, 2.75) is 0 Å². The summed E-state index contributed by atoms with van der Waals surface area (Å²) < 4.78 is 15.1. The van der Waals surface area contributed by atoms with Gasteiger partial charge in [0.1, 0.15) is 0 Å². The molecule has 0 aliphatic heterocycles. The van der Waals surface area contributed by atoms with Gasteiger partial charge in [-0.3, -0.25) is 0 Å². The maximum Gasteiger partial charge on any atom is 0.514 e. The van der Waals surface area contributed by atoms with Crippen molar-refractivity contribution in [2.75, 3.05) is 14.2 Å². The van der Waals surface area contributed by atoms with Gasteiger partial charge in [-0.1, -0.05) is 11.6 Å². The van der Waals surface area contributed by atoms with E-state index in [0.29, 0.717) is 15.9 Å². The van der Waals surface area contributed by atoms with E-state index in [4.69, 9.17) is 16.3 Å². The fourth-order valence-electron chi connectivity index (χ4n) is 1.64. The standard InChI is InChI=1S/C12H10ClNO5/c1-17-11(15)14-9-4-3-8(13)5-7(9)6-10(14)19-12(16)18-2/h3-6H,1-2H3. The molecule has 0 aliphatic carbocycles. The summed E-state index contributed by atoms with van der Waals surface area (Å²) in [6.07, 6.45) is -1.62. The zero-order valence-electron chi connectivity index (χ0n) is 10.2. The lowest BCUT2D eigenvalue weighted by atomic mass is 10.2. The molecule has 0 aliphatic rings. The van der Waals surface area contributed by atoms with Crippen LogP contribution in [0, 0.1) is 0 Å². The minimum absolute atomic E-state index is 0.00373. The molecule has 0 saturated heterocycles. The summed E-state index contributed by atoms with van der Waals surface area (Å²) in [7, 11) is 2.40. The van der Waals surface area contributed by atoms with E-state index in [-0.39, 0.29) is 5.88 Å². The van der Waals surface area contributed by atoms with Crippen LogP contribution in [0.4, 0.5) is 9.59 Å². The molecule has 19 heavy (non-hydrogen) atoms. The molecule has 0 radical (unpaired) electrons. The molecule has 2 aromatic rings. The number of halogens is 1. The van der Waals surface area contributed by atoms with Crippen LogP contribution < -0.4 is 4.74 Å². The topological polar surface area (TPSA) is 66.8 Å². The van der Waals surface area contributed by atoms with Crippen LogP contribution in [0.2, 0.25) is 5.02 Å². The highest BCUT2D eigenvalue weighted by Crippen LogP contribution is 2.28.